The van der Waals surface area contributed by atoms with Gasteiger partial charge in [-0.15, -0.1) is 11.3 Å². The van der Waals surface area contributed by atoms with Crippen LogP contribution in [0.4, 0.5) is 15.9 Å². The number of aromatic nitrogens is 2. The number of thiophene rings is 1. The monoisotopic (exact) mass is 424 g/mol. The molecule has 0 radical (unpaired) electrons. The number of hydrogen-bond acceptors (Lipinski definition) is 5. The van der Waals surface area contributed by atoms with Gasteiger partial charge in [0.2, 0.25) is 5.28 Å². The number of benzene rings is 2. The van der Waals surface area contributed by atoms with Crippen LogP contribution < -0.4 is 9.80 Å². The van der Waals surface area contributed by atoms with Gasteiger partial charge in [-0.05, 0) is 47.5 Å². The predicted molar refractivity (Wildman–Crippen MR) is 119 cm³/mol. The highest BCUT2D eigenvalue weighted by atomic mass is 35.5. The molecule has 2 aromatic carbocycles. The second-order valence-electron chi connectivity index (χ2n) is 6.96. The molecule has 3 heterocycles. The normalized spacial score (nSPS) is 14.6. The van der Waals surface area contributed by atoms with Gasteiger partial charge in [-0.25, -0.2) is 9.37 Å². The van der Waals surface area contributed by atoms with Crippen molar-refractivity contribution in [3.8, 4) is 10.4 Å². The van der Waals surface area contributed by atoms with Crippen LogP contribution in [-0.4, -0.2) is 36.1 Å². The van der Waals surface area contributed by atoms with Gasteiger partial charge in [0, 0.05) is 36.7 Å². The van der Waals surface area contributed by atoms with Gasteiger partial charge in [-0.1, -0.05) is 30.3 Å². The van der Waals surface area contributed by atoms with Crippen LogP contribution in [0.25, 0.3) is 20.7 Å². The Hall–Kier alpha value is -2.70. The molecule has 0 spiro atoms. The van der Waals surface area contributed by atoms with Crippen molar-refractivity contribution in [3.05, 3.63) is 71.8 Å². The number of hydrogen-bond donors (Lipinski definition) is 0. The van der Waals surface area contributed by atoms with Crippen molar-refractivity contribution in [2.24, 2.45) is 0 Å². The Bertz CT molecular complexity index is 1140. The van der Waals surface area contributed by atoms with Crippen LogP contribution in [0.1, 0.15) is 0 Å². The van der Waals surface area contributed by atoms with E-state index in [1.165, 1.54) is 17.7 Å². The molecule has 1 saturated heterocycles. The number of rotatable bonds is 3. The fraction of sp³-hybridized carbons (Fsp3) is 0.182. The first-order valence-corrected chi connectivity index (χ1v) is 10.6. The largest absolute Gasteiger partial charge is 0.368 e. The standard InChI is InChI=1S/C22H18ClFN4S/c23-22-25-20(18-14-19(29-21(18)26-22)15-4-2-1-3-5-15)28-12-10-27(11-13-28)17-8-6-16(24)7-9-17/h1-9,14H,10-13H2. The Balaban J connectivity index is 1.43. The van der Waals surface area contributed by atoms with Gasteiger partial charge < -0.3 is 9.80 Å². The van der Waals surface area contributed by atoms with Crippen molar-refractivity contribution in [1.82, 2.24) is 9.97 Å². The molecular weight excluding hydrogens is 407 g/mol. The third-order valence-corrected chi connectivity index (χ3v) is 6.42. The summed E-state index contributed by atoms with van der Waals surface area (Å²) in [6.07, 6.45) is 0. The SMILES string of the molecule is Fc1ccc(N2CCN(c3nc(Cl)nc4sc(-c5ccccc5)cc34)CC2)cc1. The third kappa shape index (κ3) is 3.66. The molecule has 0 saturated carbocycles. The zero-order valence-electron chi connectivity index (χ0n) is 15.6. The highest BCUT2D eigenvalue weighted by molar-refractivity contribution is 7.22. The van der Waals surface area contributed by atoms with Gasteiger partial charge in [-0.2, -0.15) is 4.98 Å². The van der Waals surface area contributed by atoms with Crippen molar-refractivity contribution in [2.45, 2.75) is 0 Å². The summed E-state index contributed by atoms with van der Waals surface area (Å²) in [4.78, 5) is 15.6. The topological polar surface area (TPSA) is 32.3 Å². The second-order valence-corrected chi connectivity index (χ2v) is 8.33. The van der Waals surface area contributed by atoms with Crippen LogP contribution in [-0.2, 0) is 0 Å². The lowest BCUT2D eigenvalue weighted by atomic mass is 10.2. The minimum atomic E-state index is -0.211. The summed E-state index contributed by atoms with van der Waals surface area (Å²) in [5.74, 6) is 0.675. The van der Waals surface area contributed by atoms with E-state index < -0.39 is 0 Å². The maximum Gasteiger partial charge on any atom is 0.225 e. The lowest BCUT2D eigenvalue weighted by molar-refractivity contribution is 0.624. The Morgan fingerprint density at radius 1 is 0.862 bits per heavy atom. The Morgan fingerprint density at radius 2 is 1.55 bits per heavy atom. The minimum absolute atomic E-state index is 0.211. The van der Waals surface area contributed by atoms with Crippen molar-refractivity contribution >= 4 is 44.7 Å². The van der Waals surface area contributed by atoms with Gasteiger partial charge in [0.25, 0.3) is 0 Å². The van der Waals surface area contributed by atoms with Crippen molar-refractivity contribution in [2.75, 3.05) is 36.0 Å². The molecule has 4 nitrogen and oxygen atoms in total. The van der Waals surface area contributed by atoms with E-state index in [0.717, 1.165) is 52.8 Å². The summed E-state index contributed by atoms with van der Waals surface area (Å²) in [6, 6.07) is 19.1. The molecule has 0 aliphatic carbocycles. The molecule has 0 atom stereocenters. The first-order chi connectivity index (χ1) is 14.2. The van der Waals surface area contributed by atoms with Crippen molar-refractivity contribution in [1.29, 1.82) is 0 Å². The van der Waals surface area contributed by atoms with Crippen LogP contribution >= 0.6 is 22.9 Å². The van der Waals surface area contributed by atoms with E-state index in [4.69, 9.17) is 11.6 Å². The van der Waals surface area contributed by atoms with E-state index >= 15 is 0 Å². The average Bonchev–Trinajstić information content (AvgIpc) is 3.18. The van der Waals surface area contributed by atoms with Gasteiger partial charge in [0.15, 0.2) is 0 Å². The molecule has 0 bridgehead atoms. The molecule has 2 aromatic heterocycles. The Labute approximate surface area is 177 Å². The summed E-state index contributed by atoms with van der Waals surface area (Å²) >= 11 is 7.88. The van der Waals surface area contributed by atoms with E-state index in [1.54, 1.807) is 11.3 Å². The Kier molecular flexibility index (Phi) is 4.81. The maximum atomic E-state index is 13.2. The first-order valence-electron chi connectivity index (χ1n) is 9.45. The Morgan fingerprint density at radius 3 is 2.28 bits per heavy atom. The van der Waals surface area contributed by atoms with Crippen molar-refractivity contribution in [3.63, 3.8) is 0 Å². The zero-order chi connectivity index (χ0) is 19.8. The fourth-order valence-electron chi connectivity index (χ4n) is 3.70. The third-order valence-electron chi connectivity index (χ3n) is 5.17. The molecular formula is C22H18ClFN4S. The van der Waals surface area contributed by atoms with E-state index in [-0.39, 0.29) is 11.1 Å². The molecule has 1 fully saturated rings. The smallest absolute Gasteiger partial charge is 0.225 e. The first kappa shape index (κ1) is 18.3. The molecule has 29 heavy (non-hydrogen) atoms. The number of nitrogens with zero attached hydrogens (tertiary/aromatic N) is 4. The molecule has 1 aliphatic rings. The van der Waals surface area contributed by atoms with Gasteiger partial charge in [0.05, 0.1) is 5.39 Å². The molecule has 7 heteroatoms. The van der Waals surface area contributed by atoms with E-state index in [9.17, 15) is 4.39 Å². The fourth-order valence-corrected chi connectivity index (χ4v) is 4.94. The summed E-state index contributed by atoms with van der Waals surface area (Å²) in [7, 11) is 0. The van der Waals surface area contributed by atoms with Crippen LogP contribution in [0.15, 0.2) is 60.7 Å². The number of halogens is 2. The number of anilines is 2. The minimum Gasteiger partial charge on any atom is -0.368 e. The van der Waals surface area contributed by atoms with Crippen LogP contribution in [0.2, 0.25) is 5.28 Å². The molecule has 146 valence electrons. The predicted octanol–water partition coefficient (Wildman–Crippen LogP) is 5.48. The van der Waals surface area contributed by atoms with Gasteiger partial charge in [0.1, 0.15) is 16.5 Å². The highest BCUT2D eigenvalue weighted by Crippen LogP contribution is 2.37. The lowest BCUT2D eigenvalue weighted by Crippen LogP contribution is -2.46. The molecule has 4 aromatic rings. The molecule has 0 unspecified atom stereocenters. The maximum absolute atomic E-state index is 13.2. The van der Waals surface area contributed by atoms with Crippen LogP contribution in [0, 0.1) is 5.82 Å². The van der Waals surface area contributed by atoms with Gasteiger partial charge in [-0.3, -0.25) is 0 Å². The van der Waals surface area contributed by atoms with Crippen LogP contribution in [0.5, 0.6) is 0 Å². The van der Waals surface area contributed by atoms with Crippen LogP contribution in [0.3, 0.4) is 0 Å². The highest BCUT2D eigenvalue weighted by Gasteiger charge is 2.22. The summed E-state index contributed by atoms with van der Waals surface area (Å²) in [5.41, 5.74) is 2.21. The molecule has 5 rings (SSSR count). The lowest BCUT2D eigenvalue weighted by Gasteiger charge is -2.37. The van der Waals surface area contributed by atoms with Gasteiger partial charge >= 0.3 is 0 Å². The zero-order valence-corrected chi connectivity index (χ0v) is 17.1. The average molecular weight is 425 g/mol. The number of piperazine rings is 1. The quantitative estimate of drug-likeness (QED) is 0.408. The van der Waals surface area contributed by atoms with E-state index in [2.05, 4.69) is 38.0 Å². The van der Waals surface area contributed by atoms with E-state index in [1.807, 2.05) is 30.3 Å². The second kappa shape index (κ2) is 7.61. The summed E-state index contributed by atoms with van der Waals surface area (Å²) in [5, 5.41) is 1.31. The summed E-state index contributed by atoms with van der Waals surface area (Å²) < 4.78 is 13.2. The van der Waals surface area contributed by atoms with E-state index in [0.29, 0.717) is 0 Å². The number of fused-ring (bicyclic) bond motifs is 1. The van der Waals surface area contributed by atoms with Crippen molar-refractivity contribution < 1.29 is 4.39 Å². The summed E-state index contributed by atoms with van der Waals surface area (Å²) in [6.45, 7) is 3.31. The molecule has 1 aliphatic heterocycles. The molecule has 0 amide bonds. The molecule has 0 N–H and O–H groups in total.